The van der Waals surface area contributed by atoms with E-state index >= 15 is 0 Å². The number of hydrogen-bond acceptors (Lipinski definition) is 3. The van der Waals surface area contributed by atoms with Gasteiger partial charge in [-0.05, 0) is 25.3 Å². The molecule has 1 aromatic carbocycles. The normalized spacial score (nSPS) is 12.0. The minimum Gasteiger partial charge on any atom is -0.494 e. The van der Waals surface area contributed by atoms with Gasteiger partial charge < -0.3 is 20.5 Å². The second-order valence-electron chi connectivity index (χ2n) is 5.38. The van der Waals surface area contributed by atoms with Crippen LogP contribution in [0.2, 0.25) is 0 Å². The van der Waals surface area contributed by atoms with Gasteiger partial charge in [-0.2, -0.15) is 0 Å². The lowest BCUT2D eigenvalue weighted by Gasteiger charge is -2.19. The summed E-state index contributed by atoms with van der Waals surface area (Å²) in [5.74, 6) is 1.20. The van der Waals surface area contributed by atoms with E-state index in [0.717, 1.165) is 17.7 Å². The topological polar surface area (TPSA) is 70.6 Å². The van der Waals surface area contributed by atoms with E-state index in [2.05, 4.69) is 24.5 Å². The predicted octanol–water partition coefficient (Wildman–Crippen LogP) is 2.29. The molecule has 0 aliphatic rings. The number of aliphatic hydroxyl groups excluding tert-OH is 1. The molecular weight excluding hydrogens is 268 g/mol. The molecule has 0 fully saturated rings. The van der Waals surface area contributed by atoms with Gasteiger partial charge in [-0.1, -0.05) is 32.0 Å². The summed E-state index contributed by atoms with van der Waals surface area (Å²) >= 11 is 0. The third-order valence-electron chi connectivity index (χ3n) is 3.02. The summed E-state index contributed by atoms with van der Waals surface area (Å²) in [5.41, 5.74) is 0.930. The molecule has 0 aromatic heterocycles. The molecule has 2 amide bonds. The summed E-state index contributed by atoms with van der Waals surface area (Å²) in [5, 5.41) is 14.8. The first-order valence-electron chi connectivity index (χ1n) is 7.42. The maximum absolute atomic E-state index is 11.9. The Kier molecular flexibility index (Phi) is 7.61. The van der Waals surface area contributed by atoms with Crippen LogP contribution in [-0.4, -0.2) is 30.4 Å². The van der Waals surface area contributed by atoms with Crippen LogP contribution >= 0.6 is 0 Å². The van der Waals surface area contributed by atoms with Crippen molar-refractivity contribution < 1.29 is 14.6 Å². The van der Waals surface area contributed by atoms with E-state index in [0.29, 0.717) is 19.1 Å². The molecule has 1 unspecified atom stereocenters. The van der Waals surface area contributed by atoms with Crippen LogP contribution in [0, 0.1) is 5.92 Å². The van der Waals surface area contributed by atoms with E-state index in [1.165, 1.54) is 0 Å². The number of amides is 2. The highest BCUT2D eigenvalue weighted by Crippen LogP contribution is 2.17. The number of ether oxygens (including phenoxy) is 1. The average molecular weight is 294 g/mol. The van der Waals surface area contributed by atoms with Crippen LogP contribution in [0.1, 0.15) is 32.8 Å². The number of rotatable bonds is 8. The molecular formula is C16H26N2O3. The highest BCUT2D eigenvalue weighted by atomic mass is 16.5. The lowest BCUT2D eigenvalue weighted by Crippen LogP contribution is -2.44. The maximum Gasteiger partial charge on any atom is 0.315 e. The fraction of sp³-hybridized carbons (Fsp3) is 0.562. The second kappa shape index (κ2) is 9.23. The first-order valence-corrected chi connectivity index (χ1v) is 7.42. The van der Waals surface area contributed by atoms with Crippen LogP contribution in [0.3, 0.4) is 0 Å². The van der Waals surface area contributed by atoms with Gasteiger partial charge in [0.05, 0.1) is 19.3 Å². The molecule has 1 aromatic rings. The van der Waals surface area contributed by atoms with E-state index in [4.69, 9.17) is 4.74 Å². The zero-order valence-corrected chi connectivity index (χ0v) is 13.1. The Morgan fingerprint density at radius 3 is 2.67 bits per heavy atom. The highest BCUT2D eigenvalue weighted by Gasteiger charge is 2.13. The predicted molar refractivity (Wildman–Crippen MR) is 83.3 cm³/mol. The van der Waals surface area contributed by atoms with Gasteiger partial charge in [0, 0.05) is 12.1 Å². The van der Waals surface area contributed by atoms with Crippen LogP contribution in [0.5, 0.6) is 5.75 Å². The monoisotopic (exact) mass is 294 g/mol. The lowest BCUT2D eigenvalue weighted by atomic mass is 10.0. The van der Waals surface area contributed by atoms with Crippen molar-refractivity contribution in [3.63, 3.8) is 0 Å². The zero-order chi connectivity index (χ0) is 15.7. The van der Waals surface area contributed by atoms with Crippen molar-refractivity contribution in [2.75, 3.05) is 13.2 Å². The largest absolute Gasteiger partial charge is 0.494 e. The molecule has 1 atom stereocenters. The summed E-state index contributed by atoms with van der Waals surface area (Å²) in [6.45, 7) is 6.96. The first-order chi connectivity index (χ1) is 10.1. The van der Waals surface area contributed by atoms with Gasteiger partial charge in [0.1, 0.15) is 5.75 Å². The van der Waals surface area contributed by atoms with Crippen LogP contribution < -0.4 is 15.4 Å². The molecule has 1 rings (SSSR count). The van der Waals surface area contributed by atoms with Gasteiger partial charge in [-0.15, -0.1) is 0 Å². The molecule has 0 spiro atoms. The third kappa shape index (κ3) is 6.49. The Labute approximate surface area is 126 Å². The van der Waals surface area contributed by atoms with Crippen LogP contribution in [0.15, 0.2) is 24.3 Å². The molecule has 0 heterocycles. The fourth-order valence-electron chi connectivity index (χ4n) is 2.11. The van der Waals surface area contributed by atoms with Gasteiger partial charge in [0.15, 0.2) is 0 Å². The number of nitrogens with one attached hydrogen (secondary N) is 2. The molecule has 5 nitrogen and oxygen atoms in total. The molecule has 0 radical (unpaired) electrons. The summed E-state index contributed by atoms with van der Waals surface area (Å²) < 4.78 is 5.51. The van der Waals surface area contributed by atoms with Crippen LogP contribution in [0.25, 0.3) is 0 Å². The minimum absolute atomic E-state index is 0.0544. The number of carbonyl (C=O) groups excluding carboxylic acids is 1. The Bertz CT molecular complexity index is 435. The molecule has 0 saturated carbocycles. The Morgan fingerprint density at radius 2 is 2.05 bits per heavy atom. The van der Waals surface area contributed by atoms with Crippen molar-refractivity contribution in [2.24, 2.45) is 5.92 Å². The summed E-state index contributed by atoms with van der Waals surface area (Å²) in [4.78, 5) is 11.9. The third-order valence-corrected chi connectivity index (χ3v) is 3.02. The van der Waals surface area contributed by atoms with Crippen molar-refractivity contribution in [1.82, 2.24) is 10.6 Å². The summed E-state index contributed by atoms with van der Waals surface area (Å²) in [6, 6.07) is 7.12. The van der Waals surface area contributed by atoms with Crippen LogP contribution in [-0.2, 0) is 6.54 Å². The number of hydrogen-bond donors (Lipinski definition) is 3. The fourth-order valence-corrected chi connectivity index (χ4v) is 2.11. The molecule has 118 valence electrons. The number of para-hydroxylation sites is 1. The molecule has 5 heteroatoms. The molecule has 3 N–H and O–H groups in total. The smallest absolute Gasteiger partial charge is 0.315 e. The van der Waals surface area contributed by atoms with Crippen molar-refractivity contribution in [1.29, 1.82) is 0 Å². The molecule has 0 bridgehead atoms. The molecule has 0 saturated heterocycles. The Hall–Kier alpha value is -1.75. The van der Waals surface area contributed by atoms with Crippen LogP contribution in [0.4, 0.5) is 4.79 Å². The minimum atomic E-state index is -0.277. The van der Waals surface area contributed by atoms with Gasteiger partial charge in [0.25, 0.3) is 0 Å². The van der Waals surface area contributed by atoms with Crippen molar-refractivity contribution in [3.8, 4) is 5.75 Å². The van der Waals surface area contributed by atoms with E-state index in [-0.39, 0.29) is 18.7 Å². The summed E-state index contributed by atoms with van der Waals surface area (Å²) in [7, 11) is 0. The second-order valence-corrected chi connectivity index (χ2v) is 5.38. The summed E-state index contributed by atoms with van der Waals surface area (Å²) in [6.07, 6.45) is 0.749. The first kappa shape index (κ1) is 17.3. The number of carbonyl (C=O) groups is 1. The van der Waals surface area contributed by atoms with Gasteiger partial charge >= 0.3 is 6.03 Å². The SMILES string of the molecule is CCOc1ccccc1CNC(=O)NC(CO)CC(C)C. The Balaban J connectivity index is 2.49. The lowest BCUT2D eigenvalue weighted by molar-refractivity contribution is 0.206. The maximum atomic E-state index is 11.9. The molecule has 21 heavy (non-hydrogen) atoms. The van der Waals surface area contributed by atoms with Crippen molar-refractivity contribution >= 4 is 6.03 Å². The number of urea groups is 1. The van der Waals surface area contributed by atoms with Gasteiger partial charge in [-0.25, -0.2) is 4.79 Å². The van der Waals surface area contributed by atoms with Crippen molar-refractivity contribution in [2.45, 2.75) is 39.8 Å². The van der Waals surface area contributed by atoms with Gasteiger partial charge in [0.2, 0.25) is 0 Å². The van der Waals surface area contributed by atoms with Gasteiger partial charge in [-0.3, -0.25) is 0 Å². The molecule has 0 aliphatic heterocycles. The molecule has 0 aliphatic carbocycles. The van der Waals surface area contributed by atoms with E-state index in [1.807, 2.05) is 31.2 Å². The zero-order valence-electron chi connectivity index (χ0n) is 13.1. The van der Waals surface area contributed by atoms with E-state index < -0.39 is 0 Å². The number of benzene rings is 1. The van der Waals surface area contributed by atoms with Crippen molar-refractivity contribution in [3.05, 3.63) is 29.8 Å². The quantitative estimate of drug-likeness (QED) is 0.689. The van der Waals surface area contributed by atoms with E-state index in [1.54, 1.807) is 0 Å². The van der Waals surface area contributed by atoms with E-state index in [9.17, 15) is 9.90 Å². The Morgan fingerprint density at radius 1 is 1.33 bits per heavy atom. The number of aliphatic hydroxyl groups is 1. The highest BCUT2D eigenvalue weighted by molar-refractivity contribution is 5.74. The average Bonchev–Trinajstić information content (AvgIpc) is 2.45. The standard InChI is InChI=1S/C16H26N2O3/c1-4-21-15-8-6-5-7-13(15)10-17-16(20)18-14(11-19)9-12(2)3/h5-8,12,14,19H,4,9-11H2,1-3H3,(H2,17,18,20).